The van der Waals surface area contributed by atoms with Crippen LogP contribution in [0.15, 0.2) is 18.2 Å². The lowest BCUT2D eigenvalue weighted by Gasteiger charge is -2.48. The molecule has 6 nitrogen and oxygen atoms in total. The zero-order valence-electron chi connectivity index (χ0n) is 17.5. The van der Waals surface area contributed by atoms with Crippen molar-refractivity contribution in [2.24, 2.45) is 0 Å². The Labute approximate surface area is 174 Å². The first-order valence-electron chi connectivity index (χ1n) is 11.0. The summed E-state index contributed by atoms with van der Waals surface area (Å²) in [4.78, 5) is 15.2. The molecule has 1 aromatic carbocycles. The molecule has 0 bridgehead atoms. The molecule has 1 heterocycles. The van der Waals surface area contributed by atoms with Crippen molar-refractivity contribution in [1.82, 2.24) is 10.2 Å². The summed E-state index contributed by atoms with van der Waals surface area (Å²) < 4.78 is 11.3. The number of benzene rings is 1. The number of hydrogen-bond acceptors (Lipinski definition) is 5. The molecule has 1 saturated carbocycles. The maximum Gasteiger partial charge on any atom is 0.258 e. The monoisotopic (exact) mass is 399 g/mol. The summed E-state index contributed by atoms with van der Waals surface area (Å²) in [5.74, 6) is 0.875. The molecule has 0 radical (unpaired) electrons. The van der Waals surface area contributed by atoms with E-state index in [4.69, 9.17) is 14.7 Å². The Morgan fingerprint density at radius 2 is 1.83 bits per heavy atom. The number of piperidine rings is 1. The fraction of sp³-hybridized carbons (Fsp3) is 0.652. The number of rotatable bonds is 8. The summed E-state index contributed by atoms with van der Waals surface area (Å²) in [7, 11) is 0. The number of ether oxygens (including phenoxy) is 2. The van der Waals surface area contributed by atoms with E-state index in [-0.39, 0.29) is 18.1 Å². The third-order valence-corrected chi connectivity index (χ3v) is 6.16. The minimum Gasteiger partial charge on any atom is -0.490 e. The molecule has 158 valence electrons. The Kier molecular flexibility index (Phi) is 7.76. The highest BCUT2D eigenvalue weighted by atomic mass is 16.5. The van der Waals surface area contributed by atoms with Gasteiger partial charge in [0.2, 0.25) is 0 Å². The SMILES string of the molecule is CCOc1cc(C#N)ccc1OCC(=O)NCC1(N2CCCCC2)CCCCC1. The molecule has 0 aromatic heterocycles. The van der Waals surface area contributed by atoms with Gasteiger partial charge in [-0.05, 0) is 57.8 Å². The van der Waals surface area contributed by atoms with Gasteiger partial charge in [0, 0.05) is 18.2 Å². The largest absolute Gasteiger partial charge is 0.490 e. The molecular weight excluding hydrogens is 366 g/mol. The number of carbonyl (C=O) groups excluding carboxylic acids is 1. The molecule has 2 aliphatic rings. The Morgan fingerprint density at radius 1 is 1.10 bits per heavy atom. The van der Waals surface area contributed by atoms with Crippen molar-refractivity contribution in [3.63, 3.8) is 0 Å². The van der Waals surface area contributed by atoms with Crippen molar-refractivity contribution in [2.75, 3.05) is 32.8 Å². The first-order chi connectivity index (χ1) is 14.2. The summed E-state index contributed by atoms with van der Waals surface area (Å²) in [5, 5.41) is 12.2. The standard InChI is InChI=1S/C23H33N3O3/c1-2-28-21-15-19(16-24)9-10-20(21)29-17-22(27)25-18-23(11-5-3-6-12-23)26-13-7-4-8-14-26/h9-10,15H,2-8,11-14,17-18H2,1H3,(H,25,27). The van der Waals surface area contributed by atoms with Crippen LogP contribution in [0.5, 0.6) is 11.5 Å². The molecule has 1 aliphatic carbocycles. The van der Waals surface area contributed by atoms with Crippen LogP contribution in [0, 0.1) is 11.3 Å². The number of amides is 1. The highest BCUT2D eigenvalue weighted by Crippen LogP contribution is 2.35. The van der Waals surface area contributed by atoms with Crippen molar-refractivity contribution in [2.45, 2.75) is 63.8 Å². The van der Waals surface area contributed by atoms with E-state index < -0.39 is 0 Å². The normalized spacial score (nSPS) is 19.2. The summed E-state index contributed by atoms with van der Waals surface area (Å²) in [5.41, 5.74) is 0.616. The van der Waals surface area contributed by atoms with E-state index in [0.717, 1.165) is 25.9 Å². The van der Waals surface area contributed by atoms with Gasteiger partial charge < -0.3 is 14.8 Å². The maximum atomic E-state index is 12.5. The third-order valence-electron chi connectivity index (χ3n) is 6.16. The lowest BCUT2D eigenvalue weighted by atomic mass is 9.79. The Morgan fingerprint density at radius 3 is 2.52 bits per heavy atom. The van der Waals surface area contributed by atoms with Gasteiger partial charge in [-0.25, -0.2) is 0 Å². The molecule has 0 spiro atoms. The summed E-state index contributed by atoms with van der Waals surface area (Å²) in [6, 6.07) is 7.09. The molecular formula is C23H33N3O3. The van der Waals surface area contributed by atoms with Crippen LogP contribution in [0.4, 0.5) is 0 Å². The van der Waals surface area contributed by atoms with Crippen molar-refractivity contribution >= 4 is 5.91 Å². The van der Waals surface area contributed by atoms with E-state index in [1.807, 2.05) is 6.92 Å². The van der Waals surface area contributed by atoms with Crippen LogP contribution in [0.25, 0.3) is 0 Å². The fourth-order valence-electron chi connectivity index (χ4n) is 4.61. The predicted molar refractivity (Wildman–Crippen MR) is 112 cm³/mol. The van der Waals surface area contributed by atoms with Gasteiger partial charge in [-0.1, -0.05) is 25.7 Å². The molecule has 6 heteroatoms. The first-order valence-corrected chi connectivity index (χ1v) is 11.0. The Balaban J connectivity index is 1.56. The lowest BCUT2D eigenvalue weighted by molar-refractivity contribution is -0.124. The minimum atomic E-state index is -0.112. The van der Waals surface area contributed by atoms with Gasteiger partial charge in [-0.15, -0.1) is 0 Å². The second-order valence-corrected chi connectivity index (χ2v) is 8.10. The van der Waals surface area contributed by atoms with Gasteiger partial charge in [0.15, 0.2) is 18.1 Å². The van der Waals surface area contributed by atoms with Gasteiger partial charge in [-0.2, -0.15) is 5.26 Å². The number of nitriles is 1. The van der Waals surface area contributed by atoms with Crippen molar-refractivity contribution in [1.29, 1.82) is 5.26 Å². The average Bonchev–Trinajstić information content (AvgIpc) is 2.78. The Bertz CT molecular complexity index is 717. The van der Waals surface area contributed by atoms with Crippen molar-refractivity contribution < 1.29 is 14.3 Å². The molecule has 0 unspecified atom stereocenters. The second-order valence-electron chi connectivity index (χ2n) is 8.10. The van der Waals surface area contributed by atoms with Gasteiger partial charge in [0.1, 0.15) is 0 Å². The first kappa shape index (κ1) is 21.4. The summed E-state index contributed by atoms with van der Waals surface area (Å²) in [6.07, 6.45) is 9.95. The quantitative estimate of drug-likeness (QED) is 0.722. The molecule has 1 N–H and O–H groups in total. The number of likely N-dealkylation sites (tertiary alicyclic amines) is 1. The van der Waals surface area contributed by atoms with Crippen molar-refractivity contribution in [3.05, 3.63) is 23.8 Å². The van der Waals surface area contributed by atoms with Gasteiger partial charge in [0.25, 0.3) is 5.91 Å². The topological polar surface area (TPSA) is 74.6 Å². The predicted octanol–water partition coefficient (Wildman–Crippen LogP) is 3.64. The van der Waals surface area contributed by atoms with E-state index in [1.165, 1.54) is 38.5 Å². The highest BCUT2D eigenvalue weighted by Gasteiger charge is 2.38. The van der Waals surface area contributed by atoms with E-state index >= 15 is 0 Å². The van der Waals surface area contributed by atoms with Gasteiger partial charge in [0.05, 0.1) is 18.2 Å². The van der Waals surface area contributed by atoms with Crippen LogP contribution in [0.2, 0.25) is 0 Å². The number of nitrogens with one attached hydrogen (secondary N) is 1. The zero-order chi connectivity index (χ0) is 20.5. The van der Waals surface area contributed by atoms with Crippen LogP contribution in [-0.2, 0) is 4.79 Å². The van der Waals surface area contributed by atoms with E-state index in [2.05, 4.69) is 16.3 Å². The van der Waals surface area contributed by atoms with Crippen LogP contribution in [-0.4, -0.2) is 49.2 Å². The molecule has 1 saturated heterocycles. The van der Waals surface area contributed by atoms with Crippen LogP contribution < -0.4 is 14.8 Å². The minimum absolute atomic E-state index is 0.0535. The van der Waals surface area contributed by atoms with E-state index in [1.54, 1.807) is 18.2 Å². The molecule has 29 heavy (non-hydrogen) atoms. The molecule has 2 fully saturated rings. The smallest absolute Gasteiger partial charge is 0.258 e. The Hall–Kier alpha value is -2.26. The van der Waals surface area contributed by atoms with E-state index in [0.29, 0.717) is 30.2 Å². The molecule has 3 rings (SSSR count). The summed E-state index contributed by atoms with van der Waals surface area (Å²) in [6.45, 7) is 5.28. The van der Waals surface area contributed by atoms with Crippen LogP contribution in [0.3, 0.4) is 0 Å². The molecule has 0 atom stereocenters. The maximum absolute atomic E-state index is 12.5. The second kappa shape index (κ2) is 10.5. The summed E-state index contributed by atoms with van der Waals surface area (Å²) >= 11 is 0. The van der Waals surface area contributed by atoms with Crippen LogP contribution >= 0.6 is 0 Å². The van der Waals surface area contributed by atoms with Gasteiger partial charge in [-0.3, -0.25) is 9.69 Å². The van der Waals surface area contributed by atoms with Crippen LogP contribution in [0.1, 0.15) is 63.9 Å². The number of nitrogens with zero attached hydrogens (tertiary/aromatic N) is 2. The van der Waals surface area contributed by atoms with E-state index in [9.17, 15) is 4.79 Å². The van der Waals surface area contributed by atoms with Gasteiger partial charge >= 0.3 is 0 Å². The van der Waals surface area contributed by atoms with Crippen molar-refractivity contribution in [3.8, 4) is 17.6 Å². The number of hydrogen-bond donors (Lipinski definition) is 1. The molecule has 1 aliphatic heterocycles. The average molecular weight is 400 g/mol. The number of carbonyl (C=O) groups is 1. The highest BCUT2D eigenvalue weighted by molar-refractivity contribution is 5.77. The molecule has 1 aromatic rings. The third kappa shape index (κ3) is 5.63. The lowest BCUT2D eigenvalue weighted by Crippen LogP contribution is -2.58. The molecule has 1 amide bonds. The zero-order valence-corrected chi connectivity index (χ0v) is 17.5. The fourth-order valence-corrected chi connectivity index (χ4v) is 4.61.